The van der Waals surface area contributed by atoms with Crippen molar-refractivity contribution >= 4 is 99.0 Å². The van der Waals surface area contributed by atoms with E-state index < -0.39 is 0 Å². The van der Waals surface area contributed by atoms with Gasteiger partial charge in [0.05, 0.1) is 25.4 Å². The normalized spacial score (nSPS) is 20.8. The van der Waals surface area contributed by atoms with Gasteiger partial charge in [-0.15, -0.1) is 23.5 Å². The van der Waals surface area contributed by atoms with Crippen LogP contribution in [0.3, 0.4) is 0 Å². The lowest BCUT2D eigenvalue weighted by Gasteiger charge is -2.12. The van der Waals surface area contributed by atoms with Gasteiger partial charge in [-0.25, -0.2) is 0 Å². The fourth-order valence-corrected chi connectivity index (χ4v) is 12.9. The van der Waals surface area contributed by atoms with Crippen LogP contribution in [0, 0.1) is 0 Å². The SMILES string of the molecule is CSC1=C(SC)SC(=C2SC3=C(SC(c4ccncc4)=CS3)S2)S1. The third-order valence-electron chi connectivity index (χ3n) is 3.05. The Kier molecular flexibility index (Phi) is 6.31. The van der Waals surface area contributed by atoms with Crippen LogP contribution < -0.4 is 0 Å². The van der Waals surface area contributed by atoms with Gasteiger partial charge < -0.3 is 0 Å². The van der Waals surface area contributed by atoms with Crippen molar-refractivity contribution in [2.45, 2.75) is 0 Å². The number of thioether (sulfide) groups is 8. The Morgan fingerprint density at radius 3 is 2.00 bits per heavy atom. The third kappa shape index (κ3) is 3.78. The number of pyridine rings is 1. The van der Waals surface area contributed by atoms with E-state index in [0.717, 1.165) is 0 Å². The first kappa shape index (κ1) is 18.3. The van der Waals surface area contributed by atoms with E-state index in [9.17, 15) is 0 Å². The Hall–Kier alpha value is 0.910. The van der Waals surface area contributed by atoms with Crippen LogP contribution in [0.4, 0.5) is 0 Å². The molecule has 0 amide bonds. The monoisotopic (exact) mass is 461 g/mol. The van der Waals surface area contributed by atoms with E-state index in [4.69, 9.17) is 0 Å². The molecule has 4 heterocycles. The van der Waals surface area contributed by atoms with Gasteiger partial charge in [0.25, 0.3) is 0 Å². The zero-order valence-electron chi connectivity index (χ0n) is 12.6. The van der Waals surface area contributed by atoms with E-state index in [1.807, 2.05) is 106 Å². The first-order valence-corrected chi connectivity index (χ1v) is 14.2. The minimum absolute atomic E-state index is 1.25. The molecule has 0 N–H and O–H groups in total. The fourth-order valence-electron chi connectivity index (χ4n) is 1.97. The average Bonchev–Trinajstić information content (AvgIpc) is 3.25. The Labute approximate surface area is 176 Å². The Bertz CT molecular complexity index is 775. The maximum atomic E-state index is 4.12. The van der Waals surface area contributed by atoms with E-state index >= 15 is 0 Å². The summed E-state index contributed by atoms with van der Waals surface area (Å²) in [6.07, 6.45) is 8.06. The second kappa shape index (κ2) is 8.29. The van der Waals surface area contributed by atoms with Gasteiger partial charge in [0.1, 0.15) is 0 Å². The molecule has 1 nitrogen and oxygen atoms in total. The molecule has 1 aromatic rings. The van der Waals surface area contributed by atoms with Crippen molar-refractivity contribution in [3.05, 3.63) is 60.9 Å². The highest BCUT2D eigenvalue weighted by atomic mass is 32.3. The number of nitrogens with zero attached hydrogens (tertiary/aromatic N) is 1. The summed E-state index contributed by atoms with van der Waals surface area (Å²) in [4.78, 5) is 5.43. The first-order valence-electron chi connectivity index (χ1n) is 6.75. The summed E-state index contributed by atoms with van der Waals surface area (Å²) in [5.74, 6) is 0. The van der Waals surface area contributed by atoms with Gasteiger partial charge in [-0.3, -0.25) is 4.98 Å². The van der Waals surface area contributed by atoms with Crippen LogP contribution in [0.1, 0.15) is 5.56 Å². The Morgan fingerprint density at radius 1 is 0.750 bits per heavy atom. The lowest BCUT2D eigenvalue weighted by Crippen LogP contribution is -1.84. The van der Waals surface area contributed by atoms with Gasteiger partial charge in [0, 0.05) is 17.3 Å². The van der Waals surface area contributed by atoms with E-state index in [1.165, 1.54) is 35.9 Å². The van der Waals surface area contributed by atoms with E-state index in [-0.39, 0.29) is 0 Å². The van der Waals surface area contributed by atoms with E-state index in [2.05, 4.69) is 35.0 Å². The first-order chi connectivity index (χ1) is 11.8. The molecule has 124 valence electrons. The molecule has 4 rings (SSSR count). The molecule has 0 unspecified atom stereocenters. The summed E-state index contributed by atoms with van der Waals surface area (Å²) in [6, 6.07) is 4.17. The van der Waals surface area contributed by atoms with Crippen LogP contribution in [-0.2, 0) is 0 Å². The highest BCUT2D eigenvalue weighted by molar-refractivity contribution is 8.46. The quantitative estimate of drug-likeness (QED) is 0.441. The molecular weight excluding hydrogens is 451 g/mol. The zero-order chi connectivity index (χ0) is 16.5. The van der Waals surface area contributed by atoms with Crippen LogP contribution in [0.15, 0.2) is 55.4 Å². The topological polar surface area (TPSA) is 12.9 Å². The molecule has 0 atom stereocenters. The Morgan fingerprint density at radius 2 is 1.33 bits per heavy atom. The predicted molar refractivity (Wildman–Crippen MR) is 126 cm³/mol. The minimum atomic E-state index is 1.25. The minimum Gasteiger partial charge on any atom is -0.265 e. The van der Waals surface area contributed by atoms with E-state index in [1.54, 1.807) is 0 Å². The van der Waals surface area contributed by atoms with Crippen LogP contribution in [0.2, 0.25) is 0 Å². The number of aromatic nitrogens is 1. The second-order valence-corrected chi connectivity index (χ2v) is 13.7. The van der Waals surface area contributed by atoms with Crippen LogP contribution in [-0.4, -0.2) is 17.5 Å². The van der Waals surface area contributed by atoms with Crippen molar-refractivity contribution in [1.29, 1.82) is 0 Å². The van der Waals surface area contributed by atoms with Gasteiger partial charge >= 0.3 is 0 Å². The van der Waals surface area contributed by atoms with Gasteiger partial charge in [0.15, 0.2) is 0 Å². The fraction of sp³-hybridized carbons (Fsp3) is 0.133. The van der Waals surface area contributed by atoms with Gasteiger partial charge in [-0.05, 0) is 35.6 Å². The molecule has 3 aliphatic heterocycles. The van der Waals surface area contributed by atoms with Crippen LogP contribution >= 0.6 is 94.1 Å². The molecule has 9 heteroatoms. The highest BCUT2D eigenvalue weighted by Gasteiger charge is 2.32. The molecule has 0 bridgehead atoms. The van der Waals surface area contributed by atoms with Gasteiger partial charge in [-0.1, -0.05) is 70.6 Å². The molecule has 3 aliphatic rings. The molecule has 0 saturated carbocycles. The highest BCUT2D eigenvalue weighted by Crippen LogP contribution is 2.68. The van der Waals surface area contributed by atoms with Gasteiger partial charge in [0.2, 0.25) is 0 Å². The van der Waals surface area contributed by atoms with Crippen molar-refractivity contribution < 1.29 is 0 Å². The van der Waals surface area contributed by atoms with Crippen molar-refractivity contribution in [1.82, 2.24) is 4.98 Å². The summed E-state index contributed by atoms with van der Waals surface area (Å²) in [5.41, 5.74) is 1.25. The van der Waals surface area contributed by atoms with Crippen LogP contribution in [0.25, 0.3) is 4.91 Å². The van der Waals surface area contributed by atoms with Crippen molar-refractivity contribution in [2.75, 3.05) is 12.5 Å². The maximum absolute atomic E-state index is 4.12. The summed E-state index contributed by atoms with van der Waals surface area (Å²) < 4.78 is 8.62. The van der Waals surface area contributed by atoms with Crippen LogP contribution in [0.5, 0.6) is 0 Å². The predicted octanol–water partition coefficient (Wildman–Crippen LogP) is 7.93. The maximum Gasteiger partial charge on any atom is 0.0718 e. The second-order valence-electron chi connectivity index (χ2n) is 4.48. The summed E-state index contributed by atoms with van der Waals surface area (Å²) in [7, 11) is 0. The smallest absolute Gasteiger partial charge is 0.0718 e. The number of rotatable bonds is 3. The van der Waals surface area contributed by atoms with Crippen molar-refractivity contribution in [3.63, 3.8) is 0 Å². The third-order valence-corrected chi connectivity index (χ3v) is 14.3. The summed E-state index contributed by atoms with van der Waals surface area (Å²) in [6.45, 7) is 0. The standard InChI is InChI=1S/C15H11NS8/c1-17-10-11(18-2)22-14(21-10)15-23-12-13(24-15)20-9(7-19-12)8-3-5-16-6-4-8/h3-7H,1-2H3. The summed E-state index contributed by atoms with van der Waals surface area (Å²) >= 11 is 15.2. The molecular formula is C15H11NS8. The molecule has 0 spiro atoms. The van der Waals surface area contributed by atoms with E-state index in [0.29, 0.717) is 0 Å². The molecule has 0 aromatic carbocycles. The molecule has 1 aromatic heterocycles. The molecule has 24 heavy (non-hydrogen) atoms. The molecule has 0 radical (unpaired) electrons. The zero-order valence-corrected chi connectivity index (χ0v) is 19.1. The van der Waals surface area contributed by atoms with Gasteiger partial charge in [-0.2, -0.15) is 0 Å². The molecule has 0 fully saturated rings. The van der Waals surface area contributed by atoms with Crippen molar-refractivity contribution in [3.8, 4) is 0 Å². The number of hydrogen-bond donors (Lipinski definition) is 0. The number of hydrogen-bond acceptors (Lipinski definition) is 9. The largest absolute Gasteiger partial charge is 0.265 e. The summed E-state index contributed by atoms with van der Waals surface area (Å²) in [5, 5.41) is 2.27. The van der Waals surface area contributed by atoms with Crippen molar-refractivity contribution in [2.24, 2.45) is 0 Å². The Balaban J connectivity index is 1.49. The lowest BCUT2D eigenvalue weighted by molar-refractivity contribution is 1.32. The lowest BCUT2D eigenvalue weighted by atomic mass is 10.3. The average molecular weight is 462 g/mol. The molecule has 0 saturated heterocycles. The molecule has 0 aliphatic carbocycles.